The highest BCUT2D eigenvalue weighted by molar-refractivity contribution is 7.89. The zero-order valence-electron chi connectivity index (χ0n) is 19.6. The number of anilines is 1. The predicted octanol–water partition coefficient (Wildman–Crippen LogP) is 0.782. The van der Waals surface area contributed by atoms with Gasteiger partial charge in [-0.2, -0.15) is 4.72 Å². The maximum atomic E-state index is 13.3. The topological polar surface area (TPSA) is 136 Å². The van der Waals surface area contributed by atoms with Crippen molar-refractivity contribution < 1.29 is 28.1 Å². The number of rotatable bonds is 10. The number of amides is 2. The molecule has 1 aliphatic carbocycles. The Balaban J connectivity index is 1.55. The molecule has 0 bridgehead atoms. The van der Waals surface area contributed by atoms with Crippen LogP contribution in [0.5, 0.6) is 0 Å². The van der Waals surface area contributed by atoms with Crippen molar-refractivity contribution in [1.82, 2.24) is 10.0 Å². The van der Waals surface area contributed by atoms with Gasteiger partial charge < -0.3 is 20.3 Å². The van der Waals surface area contributed by atoms with Gasteiger partial charge in [0.25, 0.3) is 0 Å². The Bertz CT molecular complexity index is 1190. The van der Waals surface area contributed by atoms with E-state index in [-0.39, 0.29) is 23.6 Å². The fraction of sp³-hybridized carbons (Fsp3) is 0.417. The monoisotopic (exact) mass is 499 g/mol. The molecule has 11 heteroatoms. The zero-order valence-corrected chi connectivity index (χ0v) is 20.4. The molecule has 2 aromatic rings. The summed E-state index contributed by atoms with van der Waals surface area (Å²) in [6.07, 6.45) is 3.62. The molecule has 2 aromatic carbocycles. The number of fused-ring (bicyclic) bond motifs is 1. The van der Waals surface area contributed by atoms with Crippen LogP contribution in [0.2, 0.25) is 0 Å². The molecule has 0 aromatic heterocycles. The maximum Gasteiger partial charge on any atom is 0.475 e. The number of benzene rings is 2. The van der Waals surface area contributed by atoms with Gasteiger partial charge in [0.05, 0.1) is 17.3 Å². The molecule has 1 saturated carbocycles. The summed E-state index contributed by atoms with van der Waals surface area (Å²) in [5.41, 5.74) is 2.01. The molecule has 35 heavy (non-hydrogen) atoms. The van der Waals surface area contributed by atoms with Gasteiger partial charge in [0, 0.05) is 12.7 Å². The zero-order chi connectivity index (χ0) is 25.2. The molecule has 2 aliphatic rings. The minimum absolute atomic E-state index is 0.0431. The van der Waals surface area contributed by atoms with Gasteiger partial charge in [-0.3, -0.25) is 9.59 Å². The van der Waals surface area contributed by atoms with Crippen LogP contribution in [0.15, 0.2) is 53.4 Å². The summed E-state index contributed by atoms with van der Waals surface area (Å²) in [5.74, 6) is -1.34. The van der Waals surface area contributed by atoms with Crippen LogP contribution in [-0.4, -0.2) is 56.4 Å². The van der Waals surface area contributed by atoms with Gasteiger partial charge in [-0.1, -0.05) is 49.6 Å². The molecular weight excluding hydrogens is 469 g/mol. The van der Waals surface area contributed by atoms with E-state index in [0.717, 1.165) is 24.8 Å². The van der Waals surface area contributed by atoms with Gasteiger partial charge in [0.15, 0.2) is 0 Å². The molecule has 4 rings (SSSR count). The maximum absolute atomic E-state index is 13.3. The quantitative estimate of drug-likeness (QED) is 0.357. The van der Waals surface area contributed by atoms with Crippen molar-refractivity contribution in [2.45, 2.75) is 55.4 Å². The number of carbonyl (C=O) groups is 2. The Morgan fingerprint density at radius 3 is 2.51 bits per heavy atom. The minimum Gasteiger partial charge on any atom is -0.426 e. The summed E-state index contributed by atoms with van der Waals surface area (Å²) >= 11 is 0. The van der Waals surface area contributed by atoms with Crippen LogP contribution in [0.25, 0.3) is 0 Å². The third-order valence-corrected chi connectivity index (χ3v) is 8.30. The lowest BCUT2D eigenvalue weighted by Gasteiger charge is -2.30. The Morgan fingerprint density at radius 2 is 1.89 bits per heavy atom. The second-order valence-electron chi connectivity index (χ2n) is 9.34. The van der Waals surface area contributed by atoms with Gasteiger partial charge in [0.2, 0.25) is 21.8 Å². The van der Waals surface area contributed by atoms with Crippen molar-refractivity contribution in [2.24, 2.45) is 5.92 Å². The number of nitrogens with zero attached hydrogens (tertiary/aromatic N) is 1. The predicted molar refractivity (Wildman–Crippen MR) is 132 cm³/mol. The van der Waals surface area contributed by atoms with Crippen LogP contribution in [0.1, 0.15) is 36.8 Å². The standard InChI is InChI=1S/C24H30BN3O6S/c1-28-21-11-10-19(14-18(21)15-23(28)29)35(33,34)27-20(12-16-6-3-2-4-7-16)24(30)26-22(25(31)32)13-17-8-5-9-17/h2-4,6-7,10-11,14,17,20,22,27,31-32H,5,8-9,12-13,15H2,1H3,(H,26,30)/t20-,22-/m0/s1. The molecule has 2 amide bonds. The third kappa shape index (κ3) is 5.92. The van der Waals surface area contributed by atoms with Crippen molar-refractivity contribution in [3.8, 4) is 0 Å². The molecule has 1 aliphatic heterocycles. The van der Waals surface area contributed by atoms with Crippen molar-refractivity contribution in [3.05, 3.63) is 59.7 Å². The minimum atomic E-state index is -4.12. The summed E-state index contributed by atoms with van der Waals surface area (Å²) in [6, 6.07) is 12.3. The van der Waals surface area contributed by atoms with E-state index in [1.165, 1.54) is 17.0 Å². The first-order valence-corrected chi connectivity index (χ1v) is 13.2. The lowest BCUT2D eigenvalue weighted by Crippen LogP contribution is -2.55. The van der Waals surface area contributed by atoms with E-state index in [9.17, 15) is 28.1 Å². The van der Waals surface area contributed by atoms with Crippen molar-refractivity contribution >= 4 is 34.6 Å². The Hall–Kier alpha value is -2.73. The molecule has 1 fully saturated rings. The molecule has 2 atom stereocenters. The molecule has 186 valence electrons. The Labute approximate surface area is 205 Å². The summed E-state index contributed by atoms with van der Waals surface area (Å²) < 4.78 is 29.0. The summed E-state index contributed by atoms with van der Waals surface area (Å²) in [4.78, 5) is 26.6. The largest absolute Gasteiger partial charge is 0.475 e. The van der Waals surface area contributed by atoms with Gasteiger partial charge in [-0.05, 0) is 48.1 Å². The van der Waals surface area contributed by atoms with Crippen LogP contribution < -0.4 is 14.9 Å². The van der Waals surface area contributed by atoms with Gasteiger partial charge >= 0.3 is 7.12 Å². The first kappa shape index (κ1) is 25.4. The van der Waals surface area contributed by atoms with E-state index in [1.54, 1.807) is 37.4 Å². The second-order valence-corrected chi connectivity index (χ2v) is 11.1. The molecule has 4 N–H and O–H groups in total. The number of sulfonamides is 1. The van der Waals surface area contributed by atoms with Gasteiger partial charge in [-0.25, -0.2) is 8.42 Å². The highest BCUT2D eigenvalue weighted by Crippen LogP contribution is 2.31. The van der Waals surface area contributed by atoms with E-state index < -0.39 is 35.0 Å². The molecular formula is C24H30BN3O6S. The normalized spacial score (nSPS) is 17.5. The number of nitrogens with one attached hydrogen (secondary N) is 2. The highest BCUT2D eigenvalue weighted by Gasteiger charge is 2.34. The van der Waals surface area contributed by atoms with Crippen molar-refractivity contribution in [2.75, 3.05) is 11.9 Å². The van der Waals surface area contributed by atoms with Crippen molar-refractivity contribution in [3.63, 3.8) is 0 Å². The molecule has 0 unspecified atom stereocenters. The summed E-state index contributed by atoms with van der Waals surface area (Å²) in [7, 11) is -4.23. The first-order valence-electron chi connectivity index (χ1n) is 11.8. The summed E-state index contributed by atoms with van der Waals surface area (Å²) in [5, 5.41) is 22.3. The first-order chi connectivity index (χ1) is 16.6. The Morgan fingerprint density at radius 1 is 1.17 bits per heavy atom. The molecule has 1 heterocycles. The third-order valence-electron chi connectivity index (χ3n) is 6.83. The van der Waals surface area contributed by atoms with Crippen LogP contribution >= 0.6 is 0 Å². The molecule has 0 saturated heterocycles. The van der Waals surface area contributed by atoms with Crippen LogP contribution in [0.4, 0.5) is 5.69 Å². The fourth-order valence-electron chi connectivity index (χ4n) is 4.53. The number of hydrogen-bond acceptors (Lipinski definition) is 6. The molecule has 0 radical (unpaired) electrons. The average molecular weight is 499 g/mol. The lowest BCUT2D eigenvalue weighted by atomic mass is 9.69. The second kappa shape index (κ2) is 10.5. The van der Waals surface area contributed by atoms with E-state index in [2.05, 4.69) is 10.0 Å². The molecule has 9 nitrogen and oxygen atoms in total. The molecule has 0 spiro atoms. The van der Waals surface area contributed by atoms with Crippen LogP contribution in [0, 0.1) is 5.92 Å². The SMILES string of the molecule is CN1C(=O)Cc2cc(S(=O)(=O)N[C@@H](Cc3ccccc3)C(=O)N[C@@H](CC3CCC3)B(O)O)ccc21. The smallest absolute Gasteiger partial charge is 0.426 e. The highest BCUT2D eigenvalue weighted by atomic mass is 32.2. The van der Waals surface area contributed by atoms with Gasteiger partial charge in [-0.15, -0.1) is 0 Å². The van der Waals surface area contributed by atoms with Crippen LogP contribution in [-0.2, 0) is 32.5 Å². The van der Waals surface area contributed by atoms with Gasteiger partial charge in [0.1, 0.15) is 6.04 Å². The summed E-state index contributed by atoms with van der Waals surface area (Å²) in [6.45, 7) is 0. The number of hydrogen-bond donors (Lipinski definition) is 4. The average Bonchev–Trinajstić information content (AvgIpc) is 3.08. The van der Waals surface area contributed by atoms with Crippen molar-refractivity contribution in [1.29, 1.82) is 0 Å². The fourth-order valence-corrected chi connectivity index (χ4v) is 5.78. The van der Waals surface area contributed by atoms with Crippen LogP contribution in [0.3, 0.4) is 0 Å². The van der Waals surface area contributed by atoms with E-state index >= 15 is 0 Å². The number of likely N-dealkylation sites (N-methyl/N-ethyl adjacent to an activating group) is 1. The number of carbonyl (C=O) groups excluding carboxylic acids is 2. The Kier molecular flexibility index (Phi) is 7.60. The van der Waals surface area contributed by atoms with E-state index in [4.69, 9.17) is 0 Å². The lowest BCUT2D eigenvalue weighted by molar-refractivity contribution is -0.123. The van der Waals surface area contributed by atoms with E-state index in [1.807, 2.05) is 6.07 Å². The van der Waals surface area contributed by atoms with E-state index in [0.29, 0.717) is 23.6 Å².